The smallest absolute Gasteiger partial charge is 0.230 e. The molecular weight excluding hydrogens is 244 g/mol. The predicted octanol–water partition coefficient (Wildman–Crippen LogP) is 2.02. The van der Waals surface area contributed by atoms with E-state index in [1.807, 2.05) is 11.8 Å². The van der Waals surface area contributed by atoms with E-state index in [1.54, 1.807) is 0 Å². The van der Waals surface area contributed by atoms with Crippen molar-refractivity contribution in [2.45, 2.75) is 50.8 Å². The van der Waals surface area contributed by atoms with Crippen molar-refractivity contribution in [3.63, 3.8) is 0 Å². The van der Waals surface area contributed by atoms with E-state index in [1.165, 1.54) is 19.3 Å². The molecule has 104 valence electrons. The van der Waals surface area contributed by atoms with E-state index in [-0.39, 0.29) is 5.91 Å². The second-order valence-corrected chi connectivity index (χ2v) is 7.14. The summed E-state index contributed by atoms with van der Waals surface area (Å²) in [5.41, 5.74) is 0. The Balaban J connectivity index is 1.65. The van der Waals surface area contributed by atoms with Crippen molar-refractivity contribution in [2.24, 2.45) is 11.8 Å². The van der Waals surface area contributed by atoms with E-state index in [9.17, 15) is 4.79 Å². The largest absolute Gasteiger partial charge is 0.352 e. The van der Waals surface area contributed by atoms with E-state index < -0.39 is 0 Å². The van der Waals surface area contributed by atoms with Crippen LogP contribution in [-0.4, -0.2) is 36.0 Å². The molecule has 0 aromatic carbocycles. The zero-order chi connectivity index (χ0) is 13.0. The Hall–Kier alpha value is -0.220. The molecule has 0 spiro atoms. The maximum absolute atomic E-state index is 11.9. The molecule has 2 N–H and O–H groups in total. The number of hydrogen-bond acceptors (Lipinski definition) is 3. The van der Waals surface area contributed by atoms with Crippen LogP contribution in [0, 0.1) is 11.8 Å². The second kappa shape index (κ2) is 6.80. The van der Waals surface area contributed by atoms with Crippen LogP contribution in [0.2, 0.25) is 0 Å². The first kappa shape index (κ1) is 14.2. The summed E-state index contributed by atoms with van der Waals surface area (Å²) in [4.78, 5) is 11.9. The SMILES string of the molecule is CC1CCC(NC(=O)CSC2CCNCC2)C1C. The van der Waals surface area contributed by atoms with Crippen molar-refractivity contribution in [3.05, 3.63) is 0 Å². The fourth-order valence-corrected chi connectivity index (χ4v) is 4.01. The van der Waals surface area contributed by atoms with Gasteiger partial charge in [-0.15, -0.1) is 11.8 Å². The molecule has 1 heterocycles. The van der Waals surface area contributed by atoms with Gasteiger partial charge in [-0.1, -0.05) is 13.8 Å². The van der Waals surface area contributed by atoms with Crippen LogP contribution in [0.15, 0.2) is 0 Å². The van der Waals surface area contributed by atoms with Gasteiger partial charge in [-0.3, -0.25) is 4.79 Å². The van der Waals surface area contributed by atoms with Crippen LogP contribution in [0.3, 0.4) is 0 Å². The summed E-state index contributed by atoms with van der Waals surface area (Å²) < 4.78 is 0. The lowest BCUT2D eigenvalue weighted by atomic mass is 9.98. The van der Waals surface area contributed by atoms with E-state index in [4.69, 9.17) is 0 Å². The molecule has 0 aromatic heterocycles. The number of rotatable bonds is 4. The van der Waals surface area contributed by atoms with Gasteiger partial charge in [-0.2, -0.15) is 0 Å². The second-order valence-electron chi connectivity index (χ2n) is 5.85. The lowest BCUT2D eigenvalue weighted by molar-refractivity contribution is -0.119. The van der Waals surface area contributed by atoms with Crippen LogP contribution in [0.1, 0.15) is 39.5 Å². The number of carbonyl (C=O) groups excluding carboxylic acids is 1. The summed E-state index contributed by atoms with van der Waals surface area (Å²) in [5, 5.41) is 7.26. The molecule has 1 saturated carbocycles. The van der Waals surface area contributed by atoms with Gasteiger partial charge in [-0.05, 0) is 50.6 Å². The number of carbonyl (C=O) groups is 1. The highest BCUT2D eigenvalue weighted by Crippen LogP contribution is 2.31. The number of nitrogens with one attached hydrogen (secondary N) is 2. The van der Waals surface area contributed by atoms with Gasteiger partial charge in [0.05, 0.1) is 5.75 Å². The van der Waals surface area contributed by atoms with Crippen molar-refractivity contribution < 1.29 is 4.79 Å². The number of amides is 1. The standard InChI is InChI=1S/C14H26N2OS/c1-10-3-4-13(11(10)2)16-14(17)9-18-12-5-7-15-8-6-12/h10-13,15H,3-9H2,1-2H3,(H,16,17). The third-order valence-electron chi connectivity index (χ3n) is 4.55. The third kappa shape index (κ3) is 3.89. The van der Waals surface area contributed by atoms with Gasteiger partial charge in [0.2, 0.25) is 5.91 Å². The van der Waals surface area contributed by atoms with Gasteiger partial charge in [0, 0.05) is 11.3 Å². The van der Waals surface area contributed by atoms with Crippen LogP contribution in [0.25, 0.3) is 0 Å². The molecule has 0 bridgehead atoms. The van der Waals surface area contributed by atoms with Gasteiger partial charge >= 0.3 is 0 Å². The Morgan fingerprint density at radius 2 is 1.94 bits per heavy atom. The lowest BCUT2D eigenvalue weighted by Gasteiger charge is -2.23. The Morgan fingerprint density at radius 1 is 1.22 bits per heavy atom. The van der Waals surface area contributed by atoms with Gasteiger partial charge in [-0.25, -0.2) is 0 Å². The molecule has 1 amide bonds. The van der Waals surface area contributed by atoms with E-state index in [0.717, 1.165) is 25.4 Å². The summed E-state index contributed by atoms with van der Waals surface area (Å²) in [6.45, 7) is 6.77. The van der Waals surface area contributed by atoms with Crippen LogP contribution in [0.4, 0.5) is 0 Å². The molecule has 18 heavy (non-hydrogen) atoms. The zero-order valence-corrected chi connectivity index (χ0v) is 12.4. The molecule has 3 atom stereocenters. The average molecular weight is 270 g/mol. The minimum Gasteiger partial charge on any atom is -0.352 e. The molecule has 1 saturated heterocycles. The molecule has 3 unspecified atom stereocenters. The highest BCUT2D eigenvalue weighted by atomic mass is 32.2. The van der Waals surface area contributed by atoms with Gasteiger partial charge in [0.1, 0.15) is 0 Å². The molecular formula is C14H26N2OS. The third-order valence-corrected chi connectivity index (χ3v) is 5.92. The van der Waals surface area contributed by atoms with Crippen molar-refractivity contribution in [1.29, 1.82) is 0 Å². The van der Waals surface area contributed by atoms with Crippen LogP contribution in [0.5, 0.6) is 0 Å². The number of hydrogen-bond donors (Lipinski definition) is 2. The quantitative estimate of drug-likeness (QED) is 0.821. The normalized spacial score (nSPS) is 33.6. The van der Waals surface area contributed by atoms with Crippen LogP contribution in [-0.2, 0) is 4.79 Å². The topological polar surface area (TPSA) is 41.1 Å². The van der Waals surface area contributed by atoms with Crippen molar-refractivity contribution >= 4 is 17.7 Å². The molecule has 2 aliphatic rings. The molecule has 0 aromatic rings. The van der Waals surface area contributed by atoms with Crippen LogP contribution >= 0.6 is 11.8 Å². The molecule has 2 fully saturated rings. The van der Waals surface area contributed by atoms with E-state index >= 15 is 0 Å². The minimum absolute atomic E-state index is 0.240. The first-order valence-corrected chi connectivity index (χ1v) is 8.33. The van der Waals surface area contributed by atoms with Gasteiger partial charge in [0.15, 0.2) is 0 Å². The van der Waals surface area contributed by atoms with E-state index in [0.29, 0.717) is 23.0 Å². The molecule has 2 rings (SSSR count). The molecule has 0 radical (unpaired) electrons. The fraction of sp³-hybridized carbons (Fsp3) is 0.929. The van der Waals surface area contributed by atoms with E-state index in [2.05, 4.69) is 24.5 Å². The van der Waals surface area contributed by atoms with Gasteiger partial charge in [0.25, 0.3) is 0 Å². The van der Waals surface area contributed by atoms with Crippen molar-refractivity contribution in [2.75, 3.05) is 18.8 Å². The number of piperidine rings is 1. The maximum atomic E-state index is 11.9. The summed E-state index contributed by atoms with van der Waals surface area (Å²) >= 11 is 1.84. The first-order chi connectivity index (χ1) is 8.66. The molecule has 1 aliphatic heterocycles. The Morgan fingerprint density at radius 3 is 2.56 bits per heavy atom. The highest BCUT2D eigenvalue weighted by molar-refractivity contribution is 8.00. The monoisotopic (exact) mass is 270 g/mol. The summed E-state index contributed by atoms with van der Waals surface area (Å²) in [6, 6.07) is 0.418. The summed E-state index contributed by atoms with van der Waals surface area (Å²) in [6.07, 6.45) is 4.82. The van der Waals surface area contributed by atoms with Crippen molar-refractivity contribution in [3.8, 4) is 0 Å². The first-order valence-electron chi connectivity index (χ1n) is 7.28. The average Bonchev–Trinajstić information content (AvgIpc) is 2.70. The molecule has 4 heteroatoms. The highest BCUT2D eigenvalue weighted by Gasteiger charge is 2.30. The maximum Gasteiger partial charge on any atom is 0.230 e. The lowest BCUT2D eigenvalue weighted by Crippen LogP contribution is -2.39. The molecule has 3 nitrogen and oxygen atoms in total. The summed E-state index contributed by atoms with van der Waals surface area (Å²) in [7, 11) is 0. The van der Waals surface area contributed by atoms with Crippen LogP contribution < -0.4 is 10.6 Å². The minimum atomic E-state index is 0.240. The van der Waals surface area contributed by atoms with Gasteiger partial charge < -0.3 is 10.6 Å². The van der Waals surface area contributed by atoms with Crippen molar-refractivity contribution in [1.82, 2.24) is 10.6 Å². The Bertz CT molecular complexity index is 279. The Kier molecular flexibility index (Phi) is 5.37. The predicted molar refractivity (Wildman–Crippen MR) is 77.8 cm³/mol. The zero-order valence-electron chi connectivity index (χ0n) is 11.6. The fourth-order valence-electron chi connectivity index (χ4n) is 2.97. The molecule has 1 aliphatic carbocycles. The number of thioether (sulfide) groups is 1. The Labute approximate surface area is 115 Å². The summed E-state index contributed by atoms with van der Waals surface area (Å²) in [5.74, 6) is 2.28.